The molecular formula is C28H32FN5O2S2. The van der Waals surface area contributed by atoms with Crippen LogP contribution in [0.1, 0.15) is 49.8 Å². The first-order valence-electron chi connectivity index (χ1n) is 13.0. The van der Waals surface area contributed by atoms with Gasteiger partial charge in [-0.1, -0.05) is 44.2 Å². The van der Waals surface area contributed by atoms with E-state index in [2.05, 4.69) is 22.8 Å². The van der Waals surface area contributed by atoms with Crippen LogP contribution in [-0.2, 0) is 11.3 Å². The number of nitrogens with zero attached hydrogens (tertiary/aromatic N) is 5. The van der Waals surface area contributed by atoms with Crippen molar-refractivity contribution in [1.29, 1.82) is 5.26 Å². The van der Waals surface area contributed by atoms with Crippen molar-refractivity contribution in [3.8, 4) is 6.07 Å². The number of unbranched alkanes of at least 4 members (excludes halogenated alkanes) is 1. The lowest BCUT2D eigenvalue weighted by Gasteiger charge is -2.39. The molecule has 4 rings (SSSR count). The maximum Gasteiger partial charge on any atom is 0.270 e. The molecule has 0 radical (unpaired) electrons. The molecule has 0 N–H and O–H groups in total. The number of thioether (sulfide) groups is 1. The zero-order chi connectivity index (χ0) is 27.4. The summed E-state index contributed by atoms with van der Waals surface area (Å²) in [4.78, 5) is 33.2. The Balaban J connectivity index is 1.78. The molecule has 200 valence electrons. The fourth-order valence-electron chi connectivity index (χ4n) is 4.88. The number of rotatable bonds is 8. The van der Waals surface area contributed by atoms with Crippen molar-refractivity contribution in [1.82, 2.24) is 9.47 Å². The Labute approximate surface area is 232 Å². The highest BCUT2D eigenvalue weighted by molar-refractivity contribution is 8.26. The molecule has 3 heterocycles. The molecule has 10 heteroatoms. The molecule has 2 aliphatic heterocycles. The summed E-state index contributed by atoms with van der Waals surface area (Å²) in [6.07, 6.45) is 4.29. The number of piperazine rings is 1. The number of hydrogen-bond donors (Lipinski definition) is 0. The third-order valence-electron chi connectivity index (χ3n) is 6.95. The van der Waals surface area contributed by atoms with Crippen LogP contribution in [0.15, 0.2) is 34.0 Å². The second-order valence-electron chi connectivity index (χ2n) is 9.44. The molecule has 2 aliphatic rings. The minimum atomic E-state index is -0.301. The Morgan fingerprint density at radius 3 is 2.32 bits per heavy atom. The van der Waals surface area contributed by atoms with E-state index in [4.69, 9.17) is 12.2 Å². The maximum atomic E-state index is 13.5. The second-order valence-corrected chi connectivity index (χ2v) is 11.1. The molecule has 0 bridgehead atoms. The van der Waals surface area contributed by atoms with Gasteiger partial charge in [0.1, 0.15) is 27.6 Å². The first-order valence-corrected chi connectivity index (χ1v) is 14.2. The summed E-state index contributed by atoms with van der Waals surface area (Å²) in [5.74, 6) is 0.326. The van der Waals surface area contributed by atoms with Crippen molar-refractivity contribution in [2.75, 3.05) is 42.5 Å². The molecule has 0 atom stereocenters. The molecule has 1 aromatic carbocycles. The van der Waals surface area contributed by atoms with Crippen molar-refractivity contribution >= 4 is 51.8 Å². The van der Waals surface area contributed by atoms with E-state index in [-0.39, 0.29) is 22.8 Å². The molecule has 2 aromatic rings. The van der Waals surface area contributed by atoms with Gasteiger partial charge in [0.25, 0.3) is 11.5 Å². The third kappa shape index (κ3) is 5.49. The van der Waals surface area contributed by atoms with Gasteiger partial charge in [-0.05, 0) is 55.7 Å². The van der Waals surface area contributed by atoms with Crippen molar-refractivity contribution in [2.24, 2.45) is 0 Å². The van der Waals surface area contributed by atoms with Gasteiger partial charge in [-0.3, -0.25) is 19.1 Å². The molecular weight excluding hydrogens is 521 g/mol. The van der Waals surface area contributed by atoms with Crippen LogP contribution < -0.4 is 15.4 Å². The van der Waals surface area contributed by atoms with Crippen molar-refractivity contribution in [2.45, 2.75) is 46.6 Å². The number of carbonyl (C=O) groups excluding carboxylic acids is 1. The second kappa shape index (κ2) is 12.1. The van der Waals surface area contributed by atoms with Gasteiger partial charge in [0, 0.05) is 50.5 Å². The first kappa shape index (κ1) is 27.9. The third-order valence-corrected chi connectivity index (χ3v) is 8.33. The number of hydrogen-bond acceptors (Lipinski definition) is 7. The van der Waals surface area contributed by atoms with Crippen LogP contribution >= 0.6 is 24.0 Å². The van der Waals surface area contributed by atoms with Gasteiger partial charge in [0.15, 0.2) is 0 Å². The summed E-state index contributed by atoms with van der Waals surface area (Å²) >= 11 is 6.73. The number of nitriles is 1. The van der Waals surface area contributed by atoms with E-state index >= 15 is 0 Å². The highest BCUT2D eigenvalue weighted by Crippen LogP contribution is 2.36. The van der Waals surface area contributed by atoms with E-state index < -0.39 is 0 Å². The van der Waals surface area contributed by atoms with E-state index in [1.165, 1.54) is 23.9 Å². The lowest BCUT2D eigenvalue weighted by Crippen LogP contribution is -2.48. The van der Waals surface area contributed by atoms with Crippen molar-refractivity contribution in [3.63, 3.8) is 0 Å². The van der Waals surface area contributed by atoms with Crippen LogP contribution in [0.2, 0.25) is 0 Å². The summed E-state index contributed by atoms with van der Waals surface area (Å²) in [6, 6.07) is 8.58. The SMILES string of the molecule is CCCCn1c(N2CCN(c3ccc(F)cc3)CC2)c(/C=C2/SC(=S)N(CCC)C2=O)c(C)c(C#N)c1=O. The van der Waals surface area contributed by atoms with Crippen molar-refractivity contribution in [3.05, 3.63) is 62.0 Å². The topological polar surface area (TPSA) is 72.6 Å². The van der Waals surface area contributed by atoms with Crippen molar-refractivity contribution < 1.29 is 9.18 Å². The minimum Gasteiger partial charge on any atom is -0.368 e. The summed E-state index contributed by atoms with van der Waals surface area (Å²) < 4.78 is 15.7. The van der Waals surface area contributed by atoms with Crippen LogP contribution in [0.5, 0.6) is 0 Å². The summed E-state index contributed by atoms with van der Waals surface area (Å²) in [5.41, 5.74) is 2.03. The average Bonchev–Trinajstić information content (AvgIpc) is 3.18. The molecule has 7 nitrogen and oxygen atoms in total. The molecule has 0 aliphatic carbocycles. The Bertz CT molecular complexity index is 1360. The number of pyridine rings is 1. The molecule has 2 saturated heterocycles. The molecule has 1 amide bonds. The number of aromatic nitrogens is 1. The Morgan fingerprint density at radius 2 is 1.71 bits per heavy atom. The number of carbonyl (C=O) groups is 1. The van der Waals surface area contributed by atoms with E-state index in [0.29, 0.717) is 59.6 Å². The quantitative estimate of drug-likeness (QED) is 0.340. The fraction of sp³-hybridized carbons (Fsp3) is 0.429. The van der Waals surface area contributed by atoms with Crippen LogP contribution in [0.25, 0.3) is 6.08 Å². The smallest absolute Gasteiger partial charge is 0.270 e. The highest BCUT2D eigenvalue weighted by atomic mass is 32.2. The lowest BCUT2D eigenvalue weighted by atomic mass is 10.0. The van der Waals surface area contributed by atoms with Gasteiger partial charge < -0.3 is 9.80 Å². The molecule has 1 aromatic heterocycles. The zero-order valence-electron chi connectivity index (χ0n) is 22.0. The van der Waals surface area contributed by atoms with Gasteiger partial charge in [0.05, 0.1) is 4.91 Å². The molecule has 38 heavy (non-hydrogen) atoms. The first-order chi connectivity index (χ1) is 18.3. The number of halogens is 1. The van der Waals surface area contributed by atoms with Gasteiger partial charge in [-0.25, -0.2) is 4.39 Å². The Kier molecular flexibility index (Phi) is 8.90. The largest absolute Gasteiger partial charge is 0.368 e. The van der Waals surface area contributed by atoms with Crippen LogP contribution in [0.4, 0.5) is 15.9 Å². The number of thiocarbonyl (C=S) groups is 1. The normalized spacial score (nSPS) is 17.0. The average molecular weight is 554 g/mol. The van der Waals surface area contributed by atoms with E-state index in [1.807, 2.05) is 13.0 Å². The van der Waals surface area contributed by atoms with Crippen LogP contribution in [0, 0.1) is 24.1 Å². The Hall–Kier alpha value is -3.16. The summed E-state index contributed by atoms with van der Waals surface area (Å²) in [6.45, 7) is 9.51. The maximum absolute atomic E-state index is 13.5. The lowest BCUT2D eigenvalue weighted by molar-refractivity contribution is -0.122. The van der Waals surface area contributed by atoms with Gasteiger partial charge in [0.2, 0.25) is 0 Å². The summed E-state index contributed by atoms with van der Waals surface area (Å²) in [5, 5.41) is 9.89. The number of amides is 1. The van der Waals surface area contributed by atoms with Crippen LogP contribution in [0.3, 0.4) is 0 Å². The van der Waals surface area contributed by atoms with E-state index in [9.17, 15) is 19.2 Å². The molecule has 0 spiro atoms. The zero-order valence-corrected chi connectivity index (χ0v) is 23.6. The highest BCUT2D eigenvalue weighted by Gasteiger charge is 2.33. The fourth-order valence-corrected chi connectivity index (χ4v) is 6.17. The predicted octanol–water partition coefficient (Wildman–Crippen LogP) is 4.91. The number of benzene rings is 1. The molecule has 0 unspecified atom stereocenters. The number of anilines is 2. The minimum absolute atomic E-state index is 0.102. The summed E-state index contributed by atoms with van der Waals surface area (Å²) in [7, 11) is 0. The van der Waals surface area contributed by atoms with Crippen LogP contribution in [-0.4, -0.2) is 52.4 Å². The van der Waals surface area contributed by atoms with E-state index in [1.54, 1.807) is 28.5 Å². The van der Waals surface area contributed by atoms with Gasteiger partial charge in [-0.15, -0.1) is 0 Å². The standard InChI is InChI=1S/C28H32FN5O2S2/c1-4-6-12-33-25(32-15-13-31(14-16-32)21-9-7-20(29)8-10-21)22(19(3)23(18-30)26(33)35)17-24-27(36)34(11-5-2)28(37)38-24/h7-10,17H,4-6,11-16H2,1-3H3/b24-17+. The van der Waals surface area contributed by atoms with Gasteiger partial charge in [-0.2, -0.15) is 5.26 Å². The predicted molar refractivity (Wildman–Crippen MR) is 156 cm³/mol. The van der Waals surface area contributed by atoms with E-state index in [0.717, 1.165) is 30.8 Å². The monoisotopic (exact) mass is 553 g/mol. The molecule has 0 saturated carbocycles. The molecule has 2 fully saturated rings. The van der Waals surface area contributed by atoms with Gasteiger partial charge >= 0.3 is 0 Å². The Morgan fingerprint density at radius 1 is 1.05 bits per heavy atom.